The number of rotatable bonds is 8. The fraction of sp³-hybridized carbons (Fsp3) is 0.222. The number of carboxylic acids is 2. The Labute approximate surface area is 149 Å². The lowest BCUT2D eigenvalue weighted by Gasteiger charge is -2.19. The van der Waals surface area contributed by atoms with Crippen LogP contribution in [0.4, 0.5) is 0 Å². The van der Waals surface area contributed by atoms with Crippen LogP contribution in [0.2, 0.25) is 0 Å². The van der Waals surface area contributed by atoms with E-state index in [-0.39, 0.29) is 22.6 Å². The number of aromatic carboxylic acids is 2. The number of methoxy groups -OCH3 is 2. The average Bonchev–Trinajstić information content (AvgIpc) is 2.61. The van der Waals surface area contributed by atoms with E-state index in [0.717, 1.165) is 0 Å². The van der Waals surface area contributed by atoms with Crippen LogP contribution >= 0.6 is 0 Å². The van der Waals surface area contributed by atoms with E-state index in [9.17, 15) is 9.59 Å². The van der Waals surface area contributed by atoms with E-state index in [0.29, 0.717) is 11.5 Å². The summed E-state index contributed by atoms with van der Waals surface area (Å²) in [7, 11) is 2.79. The zero-order valence-electron chi connectivity index (χ0n) is 14.4. The molecule has 2 aromatic carbocycles. The van der Waals surface area contributed by atoms with Gasteiger partial charge in [-0.1, -0.05) is 0 Å². The third kappa shape index (κ3) is 4.35. The average molecular weight is 362 g/mol. The number of hydrogen-bond donors (Lipinski definition) is 2. The highest BCUT2D eigenvalue weighted by atomic mass is 16.7. The zero-order valence-corrected chi connectivity index (χ0v) is 14.4. The predicted molar refractivity (Wildman–Crippen MR) is 90.6 cm³/mol. The molecule has 8 heteroatoms. The fourth-order valence-corrected chi connectivity index (χ4v) is 2.18. The van der Waals surface area contributed by atoms with Gasteiger partial charge in [-0.15, -0.1) is 0 Å². The molecule has 0 saturated heterocycles. The van der Waals surface area contributed by atoms with Gasteiger partial charge in [-0.25, -0.2) is 9.59 Å². The summed E-state index contributed by atoms with van der Waals surface area (Å²) >= 11 is 0. The van der Waals surface area contributed by atoms with E-state index < -0.39 is 18.2 Å². The summed E-state index contributed by atoms with van der Waals surface area (Å²) in [4.78, 5) is 22.0. The first-order valence-corrected chi connectivity index (χ1v) is 7.51. The highest BCUT2D eigenvalue weighted by Crippen LogP contribution is 2.32. The van der Waals surface area contributed by atoms with E-state index in [4.69, 9.17) is 29.2 Å². The van der Waals surface area contributed by atoms with Gasteiger partial charge in [0.05, 0.1) is 25.3 Å². The van der Waals surface area contributed by atoms with Crippen LogP contribution in [0.5, 0.6) is 23.0 Å². The summed E-state index contributed by atoms with van der Waals surface area (Å²) < 4.78 is 21.6. The van der Waals surface area contributed by atoms with Gasteiger partial charge in [-0.2, -0.15) is 0 Å². The molecule has 0 aliphatic carbocycles. The molecule has 0 spiro atoms. The Bertz CT molecular complexity index is 747. The van der Waals surface area contributed by atoms with Crippen LogP contribution in [0.25, 0.3) is 0 Å². The van der Waals surface area contributed by atoms with Crippen molar-refractivity contribution in [1.29, 1.82) is 0 Å². The summed E-state index contributed by atoms with van der Waals surface area (Å²) in [6, 6.07) is 8.38. The van der Waals surface area contributed by atoms with Crippen molar-refractivity contribution in [1.82, 2.24) is 0 Å². The minimum absolute atomic E-state index is 0.0636. The molecule has 0 heterocycles. The summed E-state index contributed by atoms with van der Waals surface area (Å²) in [5.74, 6) is -1.08. The molecule has 0 aromatic heterocycles. The summed E-state index contributed by atoms with van der Waals surface area (Å²) in [5, 5.41) is 18.0. The van der Waals surface area contributed by atoms with Crippen molar-refractivity contribution < 1.29 is 38.7 Å². The molecule has 0 atom stereocenters. The molecule has 2 rings (SSSR count). The lowest BCUT2D eigenvalue weighted by molar-refractivity contribution is 0.0183. The fourth-order valence-electron chi connectivity index (χ4n) is 2.18. The molecule has 0 unspecified atom stereocenters. The van der Waals surface area contributed by atoms with Crippen molar-refractivity contribution in [2.75, 3.05) is 14.2 Å². The number of carboxylic acid groups (broad SMARTS) is 2. The second-order valence-electron chi connectivity index (χ2n) is 5.14. The molecule has 0 bridgehead atoms. The van der Waals surface area contributed by atoms with E-state index in [1.807, 2.05) is 0 Å². The third-order valence-corrected chi connectivity index (χ3v) is 3.41. The molecule has 0 amide bonds. The second-order valence-corrected chi connectivity index (χ2v) is 5.14. The molecule has 0 radical (unpaired) electrons. The molecule has 0 aliphatic heterocycles. The lowest BCUT2D eigenvalue weighted by atomic mass is 10.2. The molecule has 8 nitrogen and oxygen atoms in total. The van der Waals surface area contributed by atoms with Gasteiger partial charge in [0.25, 0.3) is 0 Å². The first kappa shape index (κ1) is 18.9. The Kier molecular flexibility index (Phi) is 5.90. The van der Waals surface area contributed by atoms with Gasteiger partial charge in [0.15, 0.2) is 23.0 Å². The minimum Gasteiger partial charge on any atom is -0.493 e. The maximum atomic E-state index is 11.0. The maximum absolute atomic E-state index is 11.0. The molecular formula is C18H18O8. The van der Waals surface area contributed by atoms with Crippen molar-refractivity contribution in [3.8, 4) is 23.0 Å². The molecule has 26 heavy (non-hydrogen) atoms. The molecule has 0 saturated carbocycles. The first-order valence-electron chi connectivity index (χ1n) is 7.51. The largest absolute Gasteiger partial charge is 0.493 e. The summed E-state index contributed by atoms with van der Waals surface area (Å²) in [6.45, 7) is 1.62. The third-order valence-electron chi connectivity index (χ3n) is 3.41. The molecular weight excluding hydrogens is 344 g/mol. The van der Waals surface area contributed by atoms with Gasteiger partial charge in [0.2, 0.25) is 6.29 Å². The molecule has 0 aliphatic rings. The van der Waals surface area contributed by atoms with Crippen molar-refractivity contribution in [3.05, 3.63) is 47.5 Å². The van der Waals surface area contributed by atoms with Crippen LogP contribution in [-0.2, 0) is 0 Å². The number of benzene rings is 2. The molecule has 2 aromatic rings. The van der Waals surface area contributed by atoms with Crippen LogP contribution in [0.1, 0.15) is 27.6 Å². The van der Waals surface area contributed by atoms with Crippen LogP contribution in [0.3, 0.4) is 0 Å². The van der Waals surface area contributed by atoms with Gasteiger partial charge in [0, 0.05) is 6.92 Å². The number of ether oxygens (including phenoxy) is 4. The lowest BCUT2D eigenvalue weighted by Crippen LogP contribution is -2.20. The first-order chi connectivity index (χ1) is 12.3. The highest BCUT2D eigenvalue weighted by Gasteiger charge is 2.16. The molecule has 138 valence electrons. The van der Waals surface area contributed by atoms with Crippen LogP contribution in [-0.4, -0.2) is 42.7 Å². The second kappa shape index (κ2) is 8.11. The zero-order chi connectivity index (χ0) is 19.3. The minimum atomic E-state index is -1.08. The van der Waals surface area contributed by atoms with E-state index in [1.165, 1.54) is 50.6 Å². The Hall–Kier alpha value is -3.42. The quantitative estimate of drug-likeness (QED) is 0.690. The maximum Gasteiger partial charge on any atom is 0.335 e. The number of carbonyl (C=O) groups is 2. The van der Waals surface area contributed by atoms with Gasteiger partial charge in [-0.3, -0.25) is 0 Å². The van der Waals surface area contributed by atoms with Crippen LogP contribution in [0, 0.1) is 0 Å². The topological polar surface area (TPSA) is 112 Å². The normalized spacial score (nSPS) is 10.3. The van der Waals surface area contributed by atoms with Crippen molar-refractivity contribution >= 4 is 11.9 Å². The van der Waals surface area contributed by atoms with Crippen molar-refractivity contribution in [3.63, 3.8) is 0 Å². The van der Waals surface area contributed by atoms with Gasteiger partial charge < -0.3 is 29.2 Å². The Morgan fingerprint density at radius 1 is 0.769 bits per heavy atom. The van der Waals surface area contributed by atoms with Crippen LogP contribution in [0.15, 0.2) is 36.4 Å². The highest BCUT2D eigenvalue weighted by molar-refractivity contribution is 5.89. The van der Waals surface area contributed by atoms with E-state index in [1.54, 1.807) is 6.92 Å². The number of hydrogen-bond acceptors (Lipinski definition) is 6. The standard InChI is InChI=1S/C18H18O8/c1-10(25-13-6-4-11(17(19)20)8-15(13)23-2)26-14-7-5-12(18(21)22)9-16(14)24-3/h4-10H,1-3H3,(H,19,20)(H,21,22). The van der Waals surface area contributed by atoms with Gasteiger partial charge in [0.1, 0.15) is 0 Å². The summed E-state index contributed by atoms with van der Waals surface area (Å²) in [5.41, 5.74) is 0.127. The molecule has 2 N–H and O–H groups in total. The Balaban J connectivity index is 2.17. The monoisotopic (exact) mass is 362 g/mol. The van der Waals surface area contributed by atoms with E-state index >= 15 is 0 Å². The Morgan fingerprint density at radius 3 is 1.46 bits per heavy atom. The van der Waals surface area contributed by atoms with Gasteiger partial charge >= 0.3 is 11.9 Å². The molecule has 0 fully saturated rings. The van der Waals surface area contributed by atoms with Gasteiger partial charge in [-0.05, 0) is 36.4 Å². The summed E-state index contributed by atoms with van der Waals surface area (Å²) in [6.07, 6.45) is -0.788. The Morgan fingerprint density at radius 2 is 1.15 bits per heavy atom. The smallest absolute Gasteiger partial charge is 0.335 e. The van der Waals surface area contributed by atoms with Crippen LogP contribution < -0.4 is 18.9 Å². The van der Waals surface area contributed by atoms with Crippen molar-refractivity contribution in [2.24, 2.45) is 0 Å². The van der Waals surface area contributed by atoms with E-state index in [2.05, 4.69) is 0 Å². The predicted octanol–water partition coefficient (Wildman–Crippen LogP) is 2.90. The van der Waals surface area contributed by atoms with Crippen molar-refractivity contribution in [2.45, 2.75) is 13.2 Å². The SMILES string of the molecule is COc1cc(C(=O)O)ccc1OC(C)Oc1ccc(C(=O)O)cc1OC.